The van der Waals surface area contributed by atoms with E-state index in [1.54, 1.807) is 0 Å². The van der Waals surface area contributed by atoms with E-state index in [4.69, 9.17) is 32.3 Å². The number of allylic oxidation sites excluding steroid dienone is 20. The van der Waals surface area contributed by atoms with Gasteiger partial charge in [-0.25, -0.2) is 9.13 Å². The van der Waals surface area contributed by atoms with E-state index >= 15 is 0 Å². The van der Waals surface area contributed by atoms with Crippen LogP contribution in [0.5, 0.6) is 0 Å². The average Bonchev–Trinajstić information content (AvgIpc) is 1.06. The highest BCUT2D eigenvalue weighted by atomic mass is 31.2. The molecule has 0 aromatic heterocycles. The quantitative estimate of drug-likeness (QED) is 0.0146. The minimum atomic E-state index is -4.93. The molecule has 0 rings (SSSR count). The Balaban J connectivity index is 4.46. The molecule has 0 fully saturated rings. The number of ether oxygens (including phenoxy) is 3. The normalized spacial score (nSPS) is 14.5. The van der Waals surface area contributed by atoms with Gasteiger partial charge in [-0.2, -0.15) is 0 Å². The molecule has 0 aromatic carbocycles. The number of phosphoric ester groups is 2. The number of carbonyl (C=O) groups is 3. The zero-order valence-electron chi connectivity index (χ0n) is 67.8. The van der Waals surface area contributed by atoms with Gasteiger partial charge in [0.05, 0.1) is 26.4 Å². The molecule has 107 heavy (non-hydrogen) atoms. The summed E-state index contributed by atoms with van der Waals surface area (Å²) < 4.78 is 61.3. The summed E-state index contributed by atoms with van der Waals surface area (Å²) in [5.74, 6) is -1.56. The number of esters is 3. The number of carbonyl (C=O) groups excluding carboxylic acids is 3. The highest BCUT2D eigenvalue weighted by Crippen LogP contribution is 2.45. The fourth-order valence-electron chi connectivity index (χ4n) is 11.7. The molecule has 16 nitrogen and oxygen atoms in total. The van der Waals surface area contributed by atoms with E-state index in [2.05, 4.69) is 142 Å². The average molecular weight is 1540 g/mol. The van der Waals surface area contributed by atoms with Crippen LogP contribution in [0.1, 0.15) is 367 Å². The summed E-state index contributed by atoms with van der Waals surface area (Å²) in [5, 5.41) is 20.7. The second kappa shape index (κ2) is 81.4. The maximum absolute atomic E-state index is 13.0. The Hall–Kier alpha value is -4.05. The molecule has 0 amide bonds. The fraction of sp³-hybridized carbons (Fsp3) is 0.742. The molecule has 0 bridgehead atoms. The summed E-state index contributed by atoms with van der Waals surface area (Å²) in [6.07, 6.45) is 98.2. The minimum absolute atomic E-state index is 0.107. The van der Waals surface area contributed by atoms with Gasteiger partial charge in [-0.05, 0) is 116 Å². The number of hydrogen-bond donors (Lipinski definition) is 4. The van der Waals surface area contributed by atoms with Crippen molar-refractivity contribution in [2.24, 2.45) is 0 Å². The SMILES string of the molecule is CC/C=C\C/C=C\C/C=C\C/C=C\C/C=C\C/C=C\CCCCCCCCCCCCCCC(=O)OCC(O)COP(=O)(O)OCC(O)COP(=O)(O)OCC(COC(=O)CCCCCCCCCCCCC/C=C\C/C=C\C/C=C\C/C=C\CCCCC)OC(=O)CCCCCCCCCCCCCCC. The lowest BCUT2D eigenvalue weighted by Crippen LogP contribution is -2.30. The Bertz CT molecular complexity index is 2430. The molecule has 0 saturated heterocycles. The molecule has 0 aliphatic carbocycles. The predicted molar refractivity (Wildman–Crippen MR) is 445 cm³/mol. The van der Waals surface area contributed by atoms with E-state index in [0.717, 1.165) is 141 Å². The van der Waals surface area contributed by atoms with Crippen molar-refractivity contribution in [3.63, 3.8) is 0 Å². The van der Waals surface area contributed by atoms with Crippen LogP contribution in [0, 0.1) is 0 Å². The monoisotopic (exact) mass is 1540 g/mol. The smallest absolute Gasteiger partial charge is 0.463 e. The van der Waals surface area contributed by atoms with Gasteiger partial charge in [0.25, 0.3) is 0 Å². The summed E-state index contributed by atoms with van der Waals surface area (Å²) >= 11 is 0. The molecule has 0 radical (unpaired) electrons. The summed E-state index contributed by atoms with van der Waals surface area (Å²) in [6, 6.07) is 0. The number of aliphatic hydroxyl groups excluding tert-OH is 2. The van der Waals surface area contributed by atoms with Crippen molar-refractivity contribution in [3.05, 3.63) is 122 Å². The third-order valence-corrected chi connectivity index (χ3v) is 20.1. The van der Waals surface area contributed by atoms with Crippen LogP contribution in [0.25, 0.3) is 0 Å². The number of rotatable bonds is 81. The summed E-state index contributed by atoms with van der Waals surface area (Å²) in [5.41, 5.74) is 0. The van der Waals surface area contributed by atoms with Crippen LogP contribution in [-0.4, -0.2) is 95.9 Å². The Labute approximate surface area is 653 Å². The first-order chi connectivity index (χ1) is 52.2. The minimum Gasteiger partial charge on any atom is -0.463 e. The highest BCUT2D eigenvalue weighted by Gasteiger charge is 2.29. The second-order valence-corrected chi connectivity index (χ2v) is 31.5. The molecule has 0 spiro atoms. The fourth-order valence-corrected chi connectivity index (χ4v) is 13.3. The molecule has 0 aliphatic rings. The zero-order valence-corrected chi connectivity index (χ0v) is 69.6. The lowest BCUT2D eigenvalue weighted by atomic mass is 10.0. The van der Waals surface area contributed by atoms with Crippen molar-refractivity contribution in [1.29, 1.82) is 0 Å². The lowest BCUT2D eigenvalue weighted by Gasteiger charge is -2.21. The van der Waals surface area contributed by atoms with E-state index in [9.17, 15) is 43.5 Å². The molecule has 0 aromatic rings. The van der Waals surface area contributed by atoms with Gasteiger partial charge in [0.2, 0.25) is 0 Å². The number of phosphoric acid groups is 2. The number of aliphatic hydroxyl groups is 2. The summed E-state index contributed by atoms with van der Waals surface area (Å²) in [4.78, 5) is 58.7. The summed E-state index contributed by atoms with van der Waals surface area (Å²) in [6.45, 7) is 2.58. The number of hydrogen-bond acceptors (Lipinski definition) is 14. The number of unbranched alkanes of at least 4 members (excludes halogenated alkanes) is 38. The van der Waals surface area contributed by atoms with Gasteiger partial charge in [0.15, 0.2) is 6.10 Å². The van der Waals surface area contributed by atoms with E-state index in [1.165, 1.54) is 167 Å². The van der Waals surface area contributed by atoms with Crippen LogP contribution >= 0.6 is 15.6 Å². The maximum Gasteiger partial charge on any atom is 0.472 e. The van der Waals surface area contributed by atoms with Crippen LogP contribution < -0.4 is 0 Å². The first-order valence-electron chi connectivity index (χ1n) is 42.8. The van der Waals surface area contributed by atoms with Gasteiger partial charge in [-0.3, -0.25) is 32.5 Å². The molecule has 0 saturated carbocycles. The molecule has 0 aliphatic heterocycles. The van der Waals surface area contributed by atoms with Crippen LogP contribution in [0.3, 0.4) is 0 Å². The van der Waals surface area contributed by atoms with Crippen molar-refractivity contribution in [2.45, 2.75) is 386 Å². The van der Waals surface area contributed by atoms with E-state index in [-0.39, 0.29) is 19.3 Å². The zero-order chi connectivity index (χ0) is 78.0. The Morgan fingerprint density at radius 1 is 0.271 bits per heavy atom. The molecule has 618 valence electrons. The molecular formula is C89H156O16P2. The molecule has 5 atom stereocenters. The van der Waals surface area contributed by atoms with Gasteiger partial charge in [-0.15, -0.1) is 0 Å². The Morgan fingerprint density at radius 3 is 0.804 bits per heavy atom. The van der Waals surface area contributed by atoms with Gasteiger partial charge in [0.1, 0.15) is 25.4 Å². The first-order valence-corrected chi connectivity index (χ1v) is 45.8. The van der Waals surface area contributed by atoms with Gasteiger partial charge >= 0.3 is 33.6 Å². The van der Waals surface area contributed by atoms with Gasteiger partial charge in [0, 0.05) is 19.3 Å². The van der Waals surface area contributed by atoms with E-state index in [1.807, 2.05) is 0 Å². The van der Waals surface area contributed by atoms with Crippen molar-refractivity contribution < 1.29 is 75.8 Å². The third-order valence-electron chi connectivity index (χ3n) is 18.2. The predicted octanol–water partition coefficient (Wildman–Crippen LogP) is 25.7. The first kappa shape index (κ1) is 103. The van der Waals surface area contributed by atoms with Gasteiger partial charge in [-0.1, -0.05) is 354 Å². The van der Waals surface area contributed by atoms with E-state index in [0.29, 0.717) is 19.3 Å². The third kappa shape index (κ3) is 82.7. The standard InChI is InChI=1S/C89H156O16P2/c1-4-7-10-13-16-19-22-25-27-29-31-33-35-37-39-40-41-42-44-46-47-49-51-53-55-58-60-63-66-69-72-75-87(92)99-78-84(90)79-101-106(95,96)102-80-85(91)81-103-107(97,98)104-83-86(105-89(94)77-74-71-68-65-62-57-24-21-18-15-12-9-6-3)82-100-88(93)76-73-70-67-64-61-59-56-54-52-50-48-45-43-38-36-34-32-30-28-26-23-20-17-14-11-8-5-2/h7,10,16-17,19-20,25-28,31-34,37-39,41-43,84-86,90-91H,4-6,8-9,11-15,18,21-24,29-30,35-36,40,44-83H2,1-3H3,(H,95,96)(H,97,98)/b10-7-,19-16-,20-17-,27-25-,28-26-,33-31-,34-32-,39-37-,42-41-,43-38-. The Morgan fingerprint density at radius 2 is 0.495 bits per heavy atom. The topological polar surface area (TPSA) is 231 Å². The molecule has 5 unspecified atom stereocenters. The largest absolute Gasteiger partial charge is 0.472 e. The van der Waals surface area contributed by atoms with Crippen molar-refractivity contribution in [3.8, 4) is 0 Å². The molecular weight excluding hydrogens is 1390 g/mol. The van der Waals surface area contributed by atoms with Crippen LogP contribution in [0.4, 0.5) is 0 Å². The maximum atomic E-state index is 13.0. The molecule has 0 heterocycles. The van der Waals surface area contributed by atoms with Crippen LogP contribution in [0.2, 0.25) is 0 Å². The van der Waals surface area contributed by atoms with Crippen molar-refractivity contribution in [2.75, 3.05) is 39.6 Å². The highest BCUT2D eigenvalue weighted by molar-refractivity contribution is 7.47. The van der Waals surface area contributed by atoms with Crippen LogP contribution in [0.15, 0.2) is 122 Å². The second-order valence-electron chi connectivity index (χ2n) is 28.6. The van der Waals surface area contributed by atoms with E-state index < -0.39 is 91.5 Å². The van der Waals surface area contributed by atoms with Crippen molar-refractivity contribution in [1.82, 2.24) is 0 Å². The van der Waals surface area contributed by atoms with Crippen molar-refractivity contribution >= 4 is 33.6 Å². The summed E-state index contributed by atoms with van der Waals surface area (Å²) in [7, 11) is -9.79. The molecule has 4 N–H and O–H groups in total. The Kier molecular flexibility index (Phi) is 78.4. The van der Waals surface area contributed by atoms with Gasteiger partial charge < -0.3 is 34.2 Å². The lowest BCUT2D eigenvalue weighted by molar-refractivity contribution is -0.161. The van der Waals surface area contributed by atoms with Crippen LogP contribution in [-0.2, 0) is 55.8 Å². The molecule has 18 heteroatoms.